The van der Waals surface area contributed by atoms with Gasteiger partial charge in [-0.15, -0.1) is 11.3 Å². The highest BCUT2D eigenvalue weighted by atomic mass is 32.1. The summed E-state index contributed by atoms with van der Waals surface area (Å²) in [5.74, 6) is -0.418. The molecule has 0 atom stereocenters. The number of hydrogen-bond donors (Lipinski definition) is 0. The van der Waals surface area contributed by atoms with Crippen LogP contribution >= 0.6 is 11.3 Å². The third-order valence-electron chi connectivity index (χ3n) is 1.93. The molecule has 0 amide bonds. The molecule has 4 nitrogen and oxygen atoms in total. The van der Waals surface area contributed by atoms with Crippen molar-refractivity contribution in [3.05, 3.63) is 23.0 Å². The molecule has 2 aromatic rings. The normalized spacial score (nSPS) is 10.4. The summed E-state index contributed by atoms with van der Waals surface area (Å²) in [5, 5.41) is 2.75. The zero-order chi connectivity index (χ0) is 10.1. The van der Waals surface area contributed by atoms with Gasteiger partial charge in [-0.05, 0) is 17.9 Å². The number of hydrogen-bond acceptors (Lipinski definition) is 5. The summed E-state index contributed by atoms with van der Waals surface area (Å²) in [6.07, 6.45) is 1.38. The summed E-state index contributed by atoms with van der Waals surface area (Å²) >= 11 is 1.50. The predicted octanol–water partition coefficient (Wildman–Crippen LogP) is 1.79. The fourth-order valence-electron chi connectivity index (χ4n) is 1.27. The number of aryl methyl sites for hydroxylation is 1. The largest absolute Gasteiger partial charge is 0.464 e. The lowest BCUT2D eigenvalue weighted by molar-refractivity contribution is 0.0596. The lowest BCUT2D eigenvalue weighted by Gasteiger charge is -1.99. The van der Waals surface area contributed by atoms with E-state index < -0.39 is 5.97 Å². The van der Waals surface area contributed by atoms with E-state index >= 15 is 0 Å². The molecule has 14 heavy (non-hydrogen) atoms. The van der Waals surface area contributed by atoms with E-state index in [-0.39, 0.29) is 0 Å². The molecule has 2 heterocycles. The average molecular weight is 208 g/mol. The Balaban J connectivity index is 2.75. The highest BCUT2D eigenvalue weighted by molar-refractivity contribution is 7.17. The molecule has 0 aliphatic rings. The van der Waals surface area contributed by atoms with Gasteiger partial charge in [-0.1, -0.05) is 0 Å². The van der Waals surface area contributed by atoms with Crippen LogP contribution in [0.5, 0.6) is 0 Å². The van der Waals surface area contributed by atoms with Gasteiger partial charge in [0.05, 0.1) is 7.11 Å². The first kappa shape index (κ1) is 9.08. The molecule has 0 spiro atoms. The van der Waals surface area contributed by atoms with Crippen LogP contribution in [0.4, 0.5) is 0 Å². The van der Waals surface area contributed by atoms with Crippen LogP contribution in [-0.2, 0) is 4.74 Å². The Hall–Kier alpha value is -1.49. The van der Waals surface area contributed by atoms with Crippen LogP contribution in [0.15, 0.2) is 11.7 Å². The predicted molar refractivity (Wildman–Crippen MR) is 53.5 cm³/mol. The first-order valence-corrected chi connectivity index (χ1v) is 4.89. The molecule has 2 rings (SSSR count). The van der Waals surface area contributed by atoms with E-state index in [2.05, 4.69) is 14.7 Å². The van der Waals surface area contributed by atoms with Crippen molar-refractivity contribution in [2.24, 2.45) is 0 Å². The van der Waals surface area contributed by atoms with Crippen molar-refractivity contribution < 1.29 is 9.53 Å². The summed E-state index contributed by atoms with van der Waals surface area (Å²) in [5.41, 5.74) is 1.35. The Morgan fingerprint density at radius 3 is 3.00 bits per heavy atom. The van der Waals surface area contributed by atoms with Crippen LogP contribution in [0.3, 0.4) is 0 Å². The first-order chi connectivity index (χ1) is 6.74. The number of ether oxygens (including phenoxy) is 1. The molecule has 0 aliphatic heterocycles. The Kier molecular flexibility index (Phi) is 2.17. The first-order valence-electron chi connectivity index (χ1n) is 4.01. The second-order valence-corrected chi connectivity index (χ2v) is 3.67. The lowest BCUT2D eigenvalue weighted by atomic mass is 10.2. The summed E-state index contributed by atoms with van der Waals surface area (Å²) < 4.78 is 4.64. The molecule has 0 aromatic carbocycles. The maximum Gasteiger partial charge on any atom is 0.357 e. The summed E-state index contributed by atoms with van der Waals surface area (Å²) in [4.78, 5) is 20.2. The van der Waals surface area contributed by atoms with Gasteiger partial charge in [-0.3, -0.25) is 0 Å². The number of esters is 1. The van der Waals surface area contributed by atoms with E-state index in [4.69, 9.17) is 0 Å². The summed E-state index contributed by atoms with van der Waals surface area (Å²) in [6, 6.07) is 0. The van der Waals surface area contributed by atoms with Crippen molar-refractivity contribution in [2.45, 2.75) is 6.92 Å². The van der Waals surface area contributed by atoms with Gasteiger partial charge in [0.15, 0.2) is 5.69 Å². The van der Waals surface area contributed by atoms with Crippen molar-refractivity contribution in [2.75, 3.05) is 7.11 Å². The van der Waals surface area contributed by atoms with Gasteiger partial charge in [0.1, 0.15) is 11.2 Å². The fraction of sp³-hybridized carbons (Fsp3) is 0.222. The maximum atomic E-state index is 11.4. The molecule has 0 saturated heterocycles. The number of carbonyl (C=O) groups excluding carboxylic acids is 1. The van der Waals surface area contributed by atoms with Crippen molar-refractivity contribution in [3.8, 4) is 0 Å². The zero-order valence-corrected chi connectivity index (χ0v) is 8.59. The number of fused-ring (bicyclic) bond motifs is 1. The minimum atomic E-state index is -0.418. The van der Waals surface area contributed by atoms with Crippen LogP contribution in [0.1, 0.15) is 16.1 Å². The highest BCUT2D eigenvalue weighted by Gasteiger charge is 2.15. The minimum absolute atomic E-state index is 0.344. The summed E-state index contributed by atoms with van der Waals surface area (Å²) in [6.45, 7) is 1.93. The molecule has 72 valence electrons. The molecule has 0 N–H and O–H groups in total. The highest BCUT2D eigenvalue weighted by Crippen LogP contribution is 2.25. The van der Waals surface area contributed by atoms with Gasteiger partial charge in [0.25, 0.3) is 0 Å². The molecule has 5 heteroatoms. The van der Waals surface area contributed by atoms with Crippen molar-refractivity contribution in [1.29, 1.82) is 0 Å². The Bertz CT molecular complexity index is 493. The quantitative estimate of drug-likeness (QED) is 0.670. The molecule has 0 saturated carbocycles. The second kappa shape index (κ2) is 3.34. The minimum Gasteiger partial charge on any atom is -0.464 e. The Labute approximate surface area is 84.6 Å². The third-order valence-corrected chi connectivity index (χ3v) is 2.94. The SMILES string of the molecule is COC(=O)c1ncnc2scc(C)c12. The van der Waals surface area contributed by atoms with Gasteiger partial charge < -0.3 is 4.74 Å². The van der Waals surface area contributed by atoms with Crippen LogP contribution < -0.4 is 0 Å². The third kappa shape index (κ3) is 1.26. The number of aromatic nitrogens is 2. The molecule has 2 aromatic heterocycles. The molecular weight excluding hydrogens is 200 g/mol. The van der Waals surface area contributed by atoms with Crippen molar-refractivity contribution >= 4 is 27.5 Å². The molecule has 0 aliphatic carbocycles. The van der Waals surface area contributed by atoms with E-state index in [1.165, 1.54) is 24.8 Å². The monoisotopic (exact) mass is 208 g/mol. The van der Waals surface area contributed by atoms with E-state index in [1.807, 2.05) is 12.3 Å². The van der Waals surface area contributed by atoms with Crippen molar-refractivity contribution in [1.82, 2.24) is 9.97 Å². The average Bonchev–Trinajstić information content (AvgIpc) is 2.59. The second-order valence-electron chi connectivity index (χ2n) is 2.81. The fourth-order valence-corrected chi connectivity index (χ4v) is 2.16. The van der Waals surface area contributed by atoms with Gasteiger partial charge >= 0.3 is 5.97 Å². The zero-order valence-electron chi connectivity index (χ0n) is 7.77. The van der Waals surface area contributed by atoms with Crippen LogP contribution in [-0.4, -0.2) is 23.0 Å². The molecular formula is C9H8N2O2S. The van der Waals surface area contributed by atoms with Gasteiger partial charge in [0, 0.05) is 5.39 Å². The maximum absolute atomic E-state index is 11.4. The van der Waals surface area contributed by atoms with E-state index in [1.54, 1.807) is 0 Å². The molecule has 0 unspecified atom stereocenters. The number of methoxy groups -OCH3 is 1. The molecule has 0 bridgehead atoms. The number of carbonyl (C=O) groups is 1. The Morgan fingerprint density at radius 1 is 1.50 bits per heavy atom. The van der Waals surface area contributed by atoms with E-state index in [9.17, 15) is 4.79 Å². The standard InChI is InChI=1S/C9H8N2O2S/c1-5-3-14-8-6(5)7(9(12)13-2)10-4-11-8/h3-4H,1-2H3. The Morgan fingerprint density at radius 2 is 2.29 bits per heavy atom. The van der Waals surface area contributed by atoms with E-state index in [0.717, 1.165) is 15.8 Å². The molecule has 0 fully saturated rings. The smallest absolute Gasteiger partial charge is 0.357 e. The van der Waals surface area contributed by atoms with Crippen LogP contribution in [0.25, 0.3) is 10.2 Å². The van der Waals surface area contributed by atoms with Crippen LogP contribution in [0.2, 0.25) is 0 Å². The van der Waals surface area contributed by atoms with Crippen LogP contribution in [0, 0.1) is 6.92 Å². The summed E-state index contributed by atoms with van der Waals surface area (Å²) in [7, 11) is 1.35. The number of thiophene rings is 1. The van der Waals surface area contributed by atoms with Gasteiger partial charge in [0.2, 0.25) is 0 Å². The lowest BCUT2D eigenvalue weighted by Crippen LogP contribution is -2.05. The molecule has 0 radical (unpaired) electrons. The topological polar surface area (TPSA) is 52.1 Å². The van der Waals surface area contributed by atoms with Gasteiger partial charge in [-0.25, -0.2) is 14.8 Å². The van der Waals surface area contributed by atoms with E-state index in [0.29, 0.717) is 5.69 Å². The number of rotatable bonds is 1. The van der Waals surface area contributed by atoms with Gasteiger partial charge in [-0.2, -0.15) is 0 Å². The number of nitrogens with zero attached hydrogens (tertiary/aromatic N) is 2. The van der Waals surface area contributed by atoms with Crippen molar-refractivity contribution in [3.63, 3.8) is 0 Å².